The molecule has 0 saturated carbocycles. The van der Waals surface area contributed by atoms with E-state index in [1.165, 1.54) is 0 Å². The molecule has 4 heteroatoms. The van der Waals surface area contributed by atoms with Gasteiger partial charge in [0.15, 0.2) is 0 Å². The van der Waals surface area contributed by atoms with Crippen LogP contribution in [0.3, 0.4) is 0 Å². The molecule has 2 nitrogen and oxygen atoms in total. The highest BCUT2D eigenvalue weighted by molar-refractivity contribution is 6.33. The van der Waals surface area contributed by atoms with Crippen molar-refractivity contribution in [3.63, 3.8) is 0 Å². The Bertz CT molecular complexity index is 364. The van der Waals surface area contributed by atoms with E-state index in [1.807, 2.05) is 0 Å². The van der Waals surface area contributed by atoms with E-state index >= 15 is 0 Å². The lowest BCUT2D eigenvalue weighted by Crippen LogP contribution is -2.33. The minimum atomic E-state index is -0.529. The maximum atomic E-state index is 10.3. The minimum Gasteiger partial charge on any atom is -0.388 e. The number of benzene rings is 1. The van der Waals surface area contributed by atoms with Crippen LogP contribution >= 0.6 is 23.2 Å². The van der Waals surface area contributed by atoms with Crippen molar-refractivity contribution in [1.82, 2.24) is 5.32 Å². The van der Waals surface area contributed by atoms with E-state index in [2.05, 4.69) is 5.32 Å². The molecule has 1 aromatic carbocycles. The molecule has 0 aromatic heterocycles. The van der Waals surface area contributed by atoms with Gasteiger partial charge in [-0.1, -0.05) is 23.2 Å². The predicted octanol–water partition coefficient (Wildman–Crippen LogP) is 3.03. The molecule has 0 bridgehead atoms. The molecule has 16 heavy (non-hydrogen) atoms. The number of piperidine rings is 1. The molecule has 1 fully saturated rings. The molecular weight excluding hydrogens is 245 g/mol. The average molecular weight is 260 g/mol. The van der Waals surface area contributed by atoms with Gasteiger partial charge in [-0.2, -0.15) is 0 Å². The highest BCUT2D eigenvalue weighted by Gasteiger charge is 2.24. The Morgan fingerprint density at radius 1 is 1.38 bits per heavy atom. The first-order valence-electron chi connectivity index (χ1n) is 5.52. The van der Waals surface area contributed by atoms with Crippen molar-refractivity contribution in [2.45, 2.75) is 18.9 Å². The van der Waals surface area contributed by atoms with Gasteiger partial charge >= 0.3 is 0 Å². The van der Waals surface area contributed by atoms with Crippen molar-refractivity contribution >= 4 is 23.2 Å². The van der Waals surface area contributed by atoms with Crippen LogP contribution in [0.15, 0.2) is 18.2 Å². The molecule has 0 spiro atoms. The Labute approximate surface area is 106 Å². The van der Waals surface area contributed by atoms with Crippen LogP contribution in [0.25, 0.3) is 0 Å². The third-order valence-corrected chi connectivity index (χ3v) is 3.64. The maximum absolute atomic E-state index is 10.3. The molecule has 2 rings (SSSR count). The Kier molecular flexibility index (Phi) is 4.09. The molecule has 0 amide bonds. The van der Waals surface area contributed by atoms with Gasteiger partial charge in [0.1, 0.15) is 0 Å². The second kappa shape index (κ2) is 5.37. The van der Waals surface area contributed by atoms with Crippen LogP contribution in [-0.4, -0.2) is 18.2 Å². The SMILES string of the molecule is OC(c1cc(Cl)ccc1Cl)C1CCCNC1. The summed E-state index contributed by atoms with van der Waals surface area (Å²) in [6.45, 7) is 1.87. The van der Waals surface area contributed by atoms with Crippen molar-refractivity contribution in [3.05, 3.63) is 33.8 Å². The van der Waals surface area contributed by atoms with Crippen LogP contribution in [0.1, 0.15) is 24.5 Å². The van der Waals surface area contributed by atoms with Crippen LogP contribution in [0.2, 0.25) is 10.0 Å². The highest BCUT2D eigenvalue weighted by atomic mass is 35.5. The predicted molar refractivity (Wildman–Crippen MR) is 67.0 cm³/mol. The van der Waals surface area contributed by atoms with Gasteiger partial charge in [-0.25, -0.2) is 0 Å². The number of halogens is 2. The Morgan fingerprint density at radius 3 is 2.88 bits per heavy atom. The first-order valence-corrected chi connectivity index (χ1v) is 6.28. The zero-order valence-electron chi connectivity index (χ0n) is 8.92. The number of hydrogen-bond acceptors (Lipinski definition) is 2. The van der Waals surface area contributed by atoms with Gasteiger partial charge in [0, 0.05) is 28.1 Å². The van der Waals surface area contributed by atoms with E-state index in [9.17, 15) is 5.11 Å². The summed E-state index contributed by atoms with van der Waals surface area (Å²) >= 11 is 12.0. The summed E-state index contributed by atoms with van der Waals surface area (Å²) in [7, 11) is 0. The molecule has 0 radical (unpaired) electrons. The number of aliphatic hydroxyl groups is 1. The normalized spacial score (nSPS) is 23.1. The lowest BCUT2D eigenvalue weighted by Gasteiger charge is -2.28. The lowest BCUT2D eigenvalue weighted by molar-refractivity contribution is 0.0923. The molecule has 1 aromatic rings. The summed E-state index contributed by atoms with van der Waals surface area (Å²) in [4.78, 5) is 0. The van der Waals surface area contributed by atoms with Crippen LogP contribution in [-0.2, 0) is 0 Å². The van der Waals surface area contributed by atoms with E-state index in [1.54, 1.807) is 18.2 Å². The molecule has 88 valence electrons. The van der Waals surface area contributed by atoms with Gasteiger partial charge in [0.05, 0.1) is 6.10 Å². The first kappa shape index (κ1) is 12.2. The monoisotopic (exact) mass is 259 g/mol. The fourth-order valence-electron chi connectivity index (χ4n) is 2.14. The van der Waals surface area contributed by atoms with Gasteiger partial charge in [0.25, 0.3) is 0 Å². The molecule has 0 aliphatic carbocycles. The van der Waals surface area contributed by atoms with Crippen LogP contribution in [0, 0.1) is 5.92 Å². The second-order valence-corrected chi connectivity index (χ2v) is 5.06. The first-order chi connectivity index (χ1) is 7.68. The van der Waals surface area contributed by atoms with Gasteiger partial charge in [-0.05, 0) is 37.6 Å². The topological polar surface area (TPSA) is 32.3 Å². The average Bonchev–Trinajstić information content (AvgIpc) is 2.32. The number of hydrogen-bond donors (Lipinski definition) is 2. The van der Waals surface area contributed by atoms with Gasteiger partial charge in [0.2, 0.25) is 0 Å². The molecule has 1 aliphatic rings. The summed E-state index contributed by atoms with van der Waals surface area (Å²) < 4.78 is 0. The van der Waals surface area contributed by atoms with Crippen LogP contribution < -0.4 is 5.32 Å². The Morgan fingerprint density at radius 2 is 2.19 bits per heavy atom. The minimum absolute atomic E-state index is 0.227. The number of rotatable bonds is 2. The van der Waals surface area contributed by atoms with Gasteiger partial charge in [-0.15, -0.1) is 0 Å². The van der Waals surface area contributed by atoms with E-state index in [4.69, 9.17) is 23.2 Å². The van der Waals surface area contributed by atoms with Gasteiger partial charge < -0.3 is 10.4 Å². The summed E-state index contributed by atoms with van der Waals surface area (Å²) in [5, 5.41) is 14.7. The lowest BCUT2D eigenvalue weighted by atomic mass is 9.89. The summed E-state index contributed by atoms with van der Waals surface area (Å²) in [6.07, 6.45) is 1.59. The van der Waals surface area contributed by atoms with Crippen molar-refractivity contribution in [1.29, 1.82) is 0 Å². The van der Waals surface area contributed by atoms with Crippen molar-refractivity contribution in [2.24, 2.45) is 5.92 Å². The van der Waals surface area contributed by atoms with Crippen molar-refractivity contribution in [3.8, 4) is 0 Å². The zero-order valence-corrected chi connectivity index (χ0v) is 10.4. The van der Waals surface area contributed by atoms with E-state index in [0.29, 0.717) is 10.0 Å². The molecule has 1 heterocycles. The molecule has 2 unspecified atom stereocenters. The maximum Gasteiger partial charge on any atom is 0.0845 e. The van der Waals surface area contributed by atoms with Crippen LogP contribution in [0.5, 0.6) is 0 Å². The van der Waals surface area contributed by atoms with E-state index in [0.717, 1.165) is 31.5 Å². The van der Waals surface area contributed by atoms with Crippen molar-refractivity contribution in [2.75, 3.05) is 13.1 Å². The Hall–Kier alpha value is -0.280. The number of nitrogens with one attached hydrogen (secondary N) is 1. The third-order valence-electron chi connectivity index (χ3n) is 3.06. The summed E-state index contributed by atoms with van der Waals surface area (Å²) in [5.74, 6) is 0.227. The standard InChI is InChI=1S/C12H15Cl2NO/c13-9-3-4-11(14)10(6-9)12(16)8-2-1-5-15-7-8/h3-4,6,8,12,15-16H,1-2,5,7H2. The summed E-state index contributed by atoms with van der Waals surface area (Å²) in [5.41, 5.74) is 0.739. The smallest absolute Gasteiger partial charge is 0.0845 e. The fourth-order valence-corrected chi connectivity index (χ4v) is 2.55. The van der Waals surface area contributed by atoms with Gasteiger partial charge in [-0.3, -0.25) is 0 Å². The number of aliphatic hydroxyl groups excluding tert-OH is 1. The third kappa shape index (κ3) is 2.69. The van der Waals surface area contributed by atoms with E-state index < -0.39 is 6.10 Å². The highest BCUT2D eigenvalue weighted by Crippen LogP contribution is 2.33. The quantitative estimate of drug-likeness (QED) is 0.856. The largest absolute Gasteiger partial charge is 0.388 e. The fraction of sp³-hybridized carbons (Fsp3) is 0.500. The summed E-state index contributed by atoms with van der Waals surface area (Å²) in [6, 6.07) is 5.22. The van der Waals surface area contributed by atoms with Crippen molar-refractivity contribution < 1.29 is 5.11 Å². The Balaban J connectivity index is 2.18. The molecule has 2 N–H and O–H groups in total. The molecule has 2 atom stereocenters. The second-order valence-electron chi connectivity index (χ2n) is 4.22. The molecule has 1 aliphatic heterocycles. The van der Waals surface area contributed by atoms with E-state index in [-0.39, 0.29) is 5.92 Å². The van der Waals surface area contributed by atoms with Crippen LogP contribution in [0.4, 0.5) is 0 Å². The zero-order chi connectivity index (χ0) is 11.5. The molecule has 1 saturated heterocycles. The molecular formula is C12H15Cl2NO.